The zero-order valence-electron chi connectivity index (χ0n) is 31.7. The highest BCUT2D eigenvalue weighted by molar-refractivity contribution is 7.46. The van der Waals surface area contributed by atoms with Crippen LogP contribution in [0.4, 0.5) is 11.8 Å². The van der Waals surface area contributed by atoms with Crippen LogP contribution in [0.5, 0.6) is 0 Å². The Kier molecular flexibility index (Phi) is 9.50. The smallest absolute Gasteiger partial charge is 0.394 e. The van der Waals surface area contributed by atoms with Crippen LogP contribution < -0.4 is 22.3 Å². The molecule has 11 N–H and O–H groups in total. The number of nitrogen functional groups attached to an aromatic ring is 1. The Hall–Kier alpha value is -5.42. The Bertz CT molecular complexity index is 2990. The van der Waals surface area contributed by atoms with Gasteiger partial charge in [-0.25, -0.2) is 14.3 Å². The van der Waals surface area contributed by atoms with Crippen molar-refractivity contribution in [3.05, 3.63) is 99.1 Å². The molecule has 2 saturated heterocycles. The first-order valence-corrected chi connectivity index (χ1v) is 20.9. The van der Waals surface area contributed by atoms with Crippen molar-refractivity contribution < 1.29 is 53.9 Å². The van der Waals surface area contributed by atoms with Gasteiger partial charge in [0.15, 0.2) is 11.2 Å². The van der Waals surface area contributed by atoms with Gasteiger partial charge in [-0.3, -0.25) is 23.4 Å². The SMILES string of the molecule is Nc1ccn(C2CC(C(OP(=O)(O)O)C3OC(n4cnc5c(=O)[nH]c(NC6c7c(cc8ccc9cccc%10ccc7c8c9%10)C(O)C(O)C6O)nc54)CC3O)C(CO)O2)c(=O)n1. The van der Waals surface area contributed by atoms with E-state index >= 15 is 0 Å². The number of benzene rings is 4. The van der Waals surface area contributed by atoms with Crippen LogP contribution in [0.3, 0.4) is 0 Å². The lowest BCUT2D eigenvalue weighted by Crippen LogP contribution is -2.45. The lowest BCUT2D eigenvalue weighted by molar-refractivity contribution is -0.111. The maximum absolute atomic E-state index is 13.5. The highest BCUT2D eigenvalue weighted by Crippen LogP contribution is 2.49. The average molecular weight is 859 g/mol. The molecular weight excluding hydrogens is 819 g/mol. The second-order valence-electron chi connectivity index (χ2n) is 15.7. The fourth-order valence-electron chi connectivity index (χ4n) is 9.47. The minimum atomic E-state index is -5.28. The van der Waals surface area contributed by atoms with Crippen LogP contribution in [0.15, 0.2) is 76.7 Å². The molecule has 0 amide bonds. The van der Waals surface area contributed by atoms with Gasteiger partial charge in [-0.1, -0.05) is 42.5 Å². The van der Waals surface area contributed by atoms with E-state index in [9.17, 15) is 49.5 Å². The van der Waals surface area contributed by atoms with Crippen LogP contribution in [0, 0.1) is 5.92 Å². The van der Waals surface area contributed by atoms with E-state index in [1.54, 1.807) is 6.07 Å². The predicted octanol–water partition coefficient (Wildman–Crippen LogP) is 0.800. The van der Waals surface area contributed by atoms with Gasteiger partial charge in [-0.15, -0.1) is 0 Å². The molecule has 318 valence electrons. The molecule has 11 atom stereocenters. The summed E-state index contributed by atoms with van der Waals surface area (Å²) in [5.41, 5.74) is 4.86. The predicted molar refractivity (Wildman–Crippen MR) is 215 cm³/mol. The molecule has 11 unspecified atom stereocenters. The minimum Gasteiger partial charge on any atom is -0.394 e. The summed E-state index contributed by atoms with van der Waals surface area (Å²) in [6.07, 6.45) is -10.2. The van der Waals surface area contributed by atoms with Gasteiger partial charge in [0.25, 0.3) is 5.56 Å². The van der Waals surface area contributed by atoms with Crippen molar-refractivity contribution in [1.29, 1.82) is 0 Å². The second-order valence-corrected chi connectivity index (χ2v) is 16.9. The van der Waals surface area contributed by atoms with Crippen LogP contribution in [-0.2, 0) is 18.6 Å². The third-order valence-corrected chi connectivity index (χ3v) is 12.7. The van der Waals surface area contributed by atoms with E-state index in [0.717, 1.165) is 31.5 Å². The van der Waals surface area contributed by atoms with Crippen molar-refractivity contribution in [2.45, 2.75) is 74.1 Å². The third-order valence-electron chi connectivity index (χ3n) is 12.2. The van der Waals surface area contributed by atoms with E-state index in [1.165, 1.54) is 23.2 Å². The van der Waals surface area contributed by atoms with Gasteiger partial charge in [-0.05, 0) is 55.6 Å². The number of anilines is 2. The van der Waals surface area contributed by atoms with Gasteiger partial charge < -0.3 is 55.8 Å². The maximum atomic E-state index is 13.5. The highest BCUT2D eigenvalue weighted by Gasteiger charge is 2.52. The molecule has 21 nitrogen and oxygen atoms in total. The van der Waals surface area contributed by atoms with E-state index < -0.39 is 92.8 Å². The van der Waals surface area contributed by atoms with Crippen LogP contribution in [0.1, 0.15) is 48.6 Å². The number of fused-ring (bicyclic) bond motifs is 3. The van der Waals surface area contributed by atoms with Crippen LogP contribution in [-0.4, -0.2) is 108 Å². The molecule has 2 fully saturated rings. The van der Waals surface area contributed by atoms with Crippen molar-refractivity contribution in [1.82, 2.24) is 29.1 Å². The maximum Gasteiger partial charge on any atom is 0.469 e. The van der Waals surface area contributed by atoms with Crippen LogP contribution in [0.2, 0.25) is 0 Å². The van der Waals surface area contributed by atoms with Crippen LogP contribution >= 0.6 is 7.82 Å². The quantitative estimate of drug-likeness (QED) is 0.0709. The number of H-pyrrole nitrogens is 1. The molecule has 1 aliphatic carbocycles. The van der Waals surface area contributed by atoms with E-state index in [4.69, 9.17) is 19.7 Å². The van der Waals surface area contributed by atoms with Crippen molar-refractivity contribution >= 4 is 63.1 Å². The second kappa shape index (κ2) is 14.6. The Morgan fingerprint density at radius 1 is 0.934 bits per heavy atom. The van der Waals surface area contributed by atoms with Gasteiger partial charge in [-0.2, -0.15) is 9.97 Å². The van der Waals surface area contributed by atoms with Gasteiger partial charge in [0.1, 0.15) is 48.8 Å². The Labute approximate surface area is 342 Å². The fourth-order valence-corrected chi connectivity index (χ4v) is 10.1. The number of nitrogens with one attached hydrogen (secondary N) is 2. The van der Waals surface area contributed by atoms with Gasteiger partial charge in [0.05, 0.1) is 31.2 Å². The van der Waals surface area contributed by atoms with Gasteiger partial charge >= 0.3 is 13.5 Å². The Balaban J connectivity index is 0.991. The number of aliphatic hydroxyl groups excluding tert-OH is 5. The third kappa shape index (κ3) is 6.57. The Morgan fingerprint density at radius 3 is 2.41 bits per heavy atom. The van der Waals surface area contributed by atoms with Crippen molar-refractivity contribution in [3.8, 4) is 0 Å². The molecular formula is C39H39N8O13P. The molecule has 61 heavy (non-hydrogen) atoms. The van der Waals surface area contributed by atoms with E-state index in [2.05, 4.69) is 25.3 Å². The highest BCUT2D eigenvalue weighted by atomic mass is 31.2. The van der Waals surface area contributed by atoms with Gasteiger partial charge in [0.2, 0.25) is 5.95 Å². The monoisotopic (exact) mass is 858 g/mol. The number of aliphatic hydroxyl groups is 5. The molecule has 5 heterocycles. The fraction of sp³-hybridized carbons (Fsp3) is 0.359. The summed E-state index contributed by atoms with van der Waals surface area (Å²) in [7, 11) is -5.28. The van der Waals surface area contributed by atoms with Crippen molar-refractivity contribution in [3.63, 3.8) is 0 Å². The lowest BCUT2D eigenvalue weighted by Gasteiger charge is -2.38. The minimum absolute atomic E-state index is 0.0363. The number of hydrogen-bond donors (Lipinski definition) is 10. The number of rotatable bonds is 9. The molecule has 0 radical (unpaired) electrons. The molecule has 3 aliphatic rings. The molecule has 0 bridgehead atoms. The zero-order chi connectivity index (χ0) is 42.6. The summed E-state index contributed by atoms with van der Waals surface area (Å²) in [5, 5.41) is 64.1. The summed E-state index contributed by atoms with van der Waals surface area (Å²) in [5.74, 6) is -1.23. The largest absolute Gasteiger partial charge is 0.469 e. The topological polar surface area (TPSA) is 323 Å². The molecule has 4 aromatic carbocycles. The van der Waals surface area contributed by atoms with E-state index in [-0.39, 0.29) is 35.8 Å². The number of aromatic amines is 1. The summed E-state index contributed by atoms with van der Waals surface area (Å²) in [6.45, 7) is -0.651. The molecule has 0 spiro atoms. The number of hydrogen-bond acceptors (Lipinski definition) is 16. The molecule has 7 aromatic rings. The first-order valence-electron chi connectivity index (χ1n) is 19.4. The molecule has 3 aromatic heterocycles. The summed E-state index contributed by atoms with van der Waals surface area (Å²) < 4.78 is 32.2. The Morgan fingerprint density at radius 2 is 1.67 bits per heavy atom. The summed E-state index contributed by atoms with van der Waals surface area (Å²) in [6, 6.07) is 15.7. The normalized spacial score (nSPS) is 28.6. The van der Waals surface area contributed by atoms with E-state index in [0.29, 0.717) is 16.5 Å². The first kappa shape index (κ1) is 39.7. The first-order chi connectivity index (χ1) is 29.2. The van der Waals surface area contributed by atoms with Crippen LogP contribution in [0.25, 0.3) is 43.5 Å². The zero-order valence-corrected chi connectivity index (χ0v) is 32.6. The van der Waals surface area contributed by atoms with Gasteiger partial charge in [0, 0.05) is 25.0 Å². The summed E-state index contributed by atoms with van der Waals surface area (Å²) >= 11 is 0. The number of phosphoric ester groups is 1. The van der Waals surface area contributed by atoms with E-state index in [1.807, 2.05) is 42.5 Å². The number of nitrogens with two attached hydrogens (primary N) is 1. The average Bonchev–Trinajstić information content (AvgIpc) is 3.96. The number of ether oxygens (including phenoxy) is 2. The molecule has 10 rings (SSSR count). The lowest BCUT2D eigenvalue weighted by atomic mass is 9.77. The molecule has 2 aliphatic heterocycles. The number of phosphoric acid groups is 1. The standard InChI is InChI=1S/C39H39N8O13P/c40-23-8-9-46(39(54)42-23)24-11-19(22(13-48)58-24)34(60-61(55,56)57)35-21(49)12-25(59-35)47-14-41-30-36(47)44-38(45-37(30)53)43-29-28-18-7-6-16-3-1-2-15-4-5-17(27(18)26(15)16)10-20(28)31(50)33(52)32(29)51/h1-10,14,19,21-22,24-25,29,31-35,48-52H,11-13H2,(H2,40,42,54)(H2,55,56,57)(H2,43,44,45,53). The molecule has 22 heteroatoms. The number of aromatic nitrogens is 6. The number of nitrogens with zero attached hydrogens (tertiary/aromatic N) is 5. The van der Waals surface area contributed by atoms with Crippen molar-refractivity contribution in [2.24, 2.45) is 5.92 Å². The number of imidazole rings is 1. The van der Waals surface area contributed by atoms with Crippen molar-refractivity contribution in [2.75, 3.05) is 17.7 Å². The molecule has 0 saturated carbocycles. The summed E-state index contributed by atoms with van der Waals surface area (Å²) in [4.78, 5) is 61.3.